The van der Waals surface area contributed by atoms with Gasteiger partial charge in [-0.3, -0.25) is 0 Å². The number of carbonyl (C=O) groups is 1. The Bertz CT molecular complexity index is 762. The van der Waals surface area contributed by atoms with E-state index >= 15 is 0 Å². The van der Waals surface area contributed by atoms with E-state index in [-0.39, 0.29) is 28.9 Å². The Morgan fingerprint density at radius 3 is 2.78 bits per heavy atom. The number of carboxylic acid groups (broad SMARTS) is 1. The van der Waals surface area contributed by atoms with Crippen LogP contribution in [-0.2, 0) is 6.42 Å². The Morgan fingerprint density at radius 2 is 2.11 bits per heavy atom. The van der Waals surface area contributed by atoms with E-state index in [1.807, 2.05) is 6.07 Å². The topological polar surface area (TPSA) is 76.0 Å². The molecule has 148 valence electrons. The average molecular weight is 374 g/mol. The number of aromatic hydroxyl groups is 1. The van der Waals surface area contributed by atoms with Gasteiger partial charge in [0, 0.05) is 23.0 Å². The smallest absolute Gasteiger partial charge is 0.504 e. The number of hydrogen-bond donors (Lipinski definition) is 2. The molecule has 3 rings (SSSR count). The van der Waals surface area contributed by atoms with Crippen LogP contribution in [0.1, 0.15) is 76.8 Å². The molecular weight excluding hydrogens is 344 g/mol. The molecule has 1 aromatic rings. The van der Waals surface area contributed by atoms with E-state index in [0.29, 0.717) is 23.3 Å². The molecular formula is C22H30O5. The van der Waals surface area contributed by atoms with Gasteiger partial charge in [0.25, 0.3) is 0 Å². The molecule has 1 heterocycles. The maximum absolute atomic E-state index is 11.2. The monoisotopic (exact) mass is 374 g/mol. The van der Waals surface area contributed by atoms with E-state index in [0.717, 1.165) is 32.1 Å². The van der Waals surface area contributed by atoms with Gasteiger partial charge in [0.15, 0.2) is 11.5 Å². The van der Waals surface area contributed by atoms with E-state index in [1.165, 1.54) is 5.57 Å². The molecule has 0 fully saturated rings. The molecule has 2 atom stereocenters. The minimum absolute atomic E-state index is 0.00154. The lowest BCUT2D eigenvalue weighted by atomic mass is 9.68. The first-order valence-electron chi connectivity index (χ1n) is 9.90. The molecule has 0 bridgehead atoms. The number of rotatable bonds is 5. The minimum Gasteiger partial charge on any atom is -0.504 e. The second-order valence-electron chi connectivity index (χ2n) is 8.34. The molecule has 0 radical (unpaired) electrons. The Kier molecular flexibility index (Phi) is 5.41. The van der Waals surface area contributed by atoms with Crippen LogP contribution in [0.25, 0.3) is 0 Å². The first-order chi connectivity index (χ1) is 12.7. The third-order valence-electron chi connectivity index (χ3n) is 5.92. The maximum Gasteiger partial charge on any atom is 0.511 e. The number of unbranched alkanes of at least 4 members (excludes halogenated alkanes) is 2. The van der Waals surface area contributed by atoms with Gasteiger partial charge in [0.1, 0.15) is 11.4 Å². The fraction of sp³-hybridized carbons (Fsp3) is 0.591. The number of phenolic OH excluding ortho intramolecular Hbond substituents is 1. The number of aryl methyl sites for hydroxylation is 1. The van der Waals surface area contributed by atoms with Gasteiger partial charge in [-0.25, -0.2) is 4.79 Å². The molecule has 0 saturated heterocycles. The third kappa shape index (κ3) is 3.78. The highest BCUT2D eigenvalue weighted by Gasteiger charge is 2.46. The highest BCUT2D eigenvalue weighted by Crippen LogP contribution is 2.56. The van der Waals surface area contributed by atoms with Crippen LogP contribution in [0.3, 0.4) is 0 Å². The van der Waals surface area contributed by atoms with Crippen molar-refractivity contribution in [2.75, 3.05) is 0 Å². The van der Waals surface area contributed by atoms with Gasteiger partial charge < -0.3 is 19.7 Å². The van der Waals surface area contributed by atoms with Crippen LogP contribution < -0.4 is 9.47 Å². The Morgan fingerprint density at radius 1 is 1.37 bits per heavy atom. The molecule has 0 amide bonds. The van der Waals surface area contributed by atoms with Gasteiger partial charge in [0.05, 0.1) is 0 Å². The predicted octanol–water partition coefficient (Wildman–Crippen LogP) is 5.79. The van der Waals surface area contributed by atoms with Crippen molar-refractivity contribution in [2.24, 2.45) is 5.92 Å². The zero-order valence-corrected chi connectivity index (χ0v) is 16.7. The zero-order chi connectivity index (χ0) is 19.8. The second-order valence-corrected chi connectivity index (χ2v) is 8.34. The van der Waals surface area contributed by atoms with Crippen molar-refractivity contribution in [3.63, 3.8) is 0 Å². The van der Waals surface area contributed by atoms with Crippen LogP contribution in [0.15, 0.2) is 17.7 Å². The van der Waals surface area contributed by atoms with Gasteiger partial charge >= 0.3 is 6.16 Å². The summed E-state index contributed by atoms with van der Waals surface area (Å²) in [6.07, 6.45) is 6.41. The molecule has 1 aliphatic heterocycles. The lowest BCUT2D eigenvalue weighted by Crippen LogP contribution is -2.45. The van der Waals surface area contributed by atoms with E-state index in [4.69, 9.17) is 9.47 Å². The number of allylic oxidation sites excluding steroid dienone is 2. The van der Waals surface area contributed by atoms with Crippen LogP contribution in [-0.4, -0.2) is 22.0 Å². The third-order valence-corrected chi connectivity index (χ3v) is 5.92. The molecule has 0 spiro atoms. The fourth-order valence-corrected chi connectivity index (χ4v) is 4.54. The SMILES string of the molecule is CCCCCc1cc2c(c(O)c1OC(=O)O)[C@@H]1C=C(C)CC[C@H]1C(C)(C)O2. The normalized spacial score (nSPS) is 22.9. The van der Waals surface area contributed by atoms with E-state index in [9.17, 15) is 15.0 Å². The first kappa shape index (κ1) is 19.6. The summed E-state index contributed by atoms with van der Waals surface area (Å²) in [5.74, 6) is 0.851. The van der Waals surface area contributed by atoms with Crippen molar-refractivity contribution in [3.8, 4) is 17.2 Å². The van der Waals surface area contributed by atoms with E-state index in [1.54, 1.807) is 0 Å². The maximum atomic E-state index is 11.2. The molecule has 0 aromatic heterocycles. The standard InChI is InChI=1S/C22H30O5/c1-5-6-7-8-14-12-17-18(19(23)20(14)26-21(24)25)15-11-13(2)9-10-16(15)22(3,4)27-17/h11-12,15-16,23H,5-10H2,1-4H3,(H,24,25)/t15-,16-/m1/s1. The Hall–Kier alpha value is -2.17. The lowest BCUT2D eigenvalue weighted by molar-refractivity contribution is 0.0104. The largest absolute Gasteiger partial charge is 0.511 e. The molecule has 5 nitrogen and oxygen atoms in total. The summed E-state index contributed by atoms with van der Waals surface area (Å²) in [4.78, 5) is 11.2. The summed E-state index contributed by atoms with van der Waals surface area (Å²) in [5, 5.41) is 20.2. The first-order valence-corrected chi connectivity index (χ1v) is 9.90. The summed E-state index contributed by atoms with van der Waals surface area (Å²) in [6, 6.07) is 1.87. The Labute approximate surface area is 161 Å². The van der Waals surface area contributed by atoms with Crippen LogP contribution in [0.4, 0.5) is 4.79 Å². The van der Waals surface area contributed by atoms with Gasteiger partial charge in [-0.15, -0.1) is 0 Å². The highest BCUT2D eigenvalue weighted by molar-refractivity contribution is 5.68. The summed E-state index contributed by atoms with van der Waals surface area (Å²) < 4.78 is 11.3. The number of ether oxygens (including phenoxy) is 2. The summed E-state index contributed by atoms with van der Waals surface area (Å²) in [6.45, 7) is 8.40. The minimum atomic E-state index is -1.41. The van der Waals surface area contributed by atoms with Crippen LogP contribution in [0, 0.1) is 5.92 Å². The molecule has 2 aliphatic rings. The van der Waals surface area contributed by atoms with Gasteiger partial charge in [-0.1, -0.05) is 31.4 Å². The second kappa shape index (κ2) is 7.45. The van der Waals surface area contributed by atoms with Crippen molar-refractivity contribution >= 4 is 6.16 Å². The summed E-state index contributed by atoms with van der Waals surface area (Å²) >= 11 is 0. The number of phenols is 1. The number of hydrogen-bond acceptors (Lipinski definition) is 4. The zero-order valence-electron chi connectivity index (χ0n) is 16.7. The highest BCUT2D eigenvalue weighted by atomic mass is 16.7. The molecule has 0 saturated carbocycles. The molecule has 1 aromatic carbocycles. The van der Waals surface area contributed by atoms with Crippen LogP contribution in [0.2, 0.25) is 0 Å². The van der Waals surface area contributed by atoms with Crippen molar-refractivity contribution in [1.82, 2.24) is 0 Å². The number of fused-ring (bicyclic) bond motifs is 3. The van der Waals surface area contributed by atoms with E-state index < -0.39 is 6.16 Å². The quantitative estimate of drug-likeness (QED) is 0.295. The molecule has 27 heavy (non-hydrogen) atoms. The average Bonchev–Trinajstić information content (AvgIpc) is 2.57. The van der Waals surface area contributed by atoms with Gasteiger partial charge in [-0.05, 0) is 52.5 Å². The van der Waals surface area contributed by atoms with E-state index in [2.05, 4.69) is 33.8 Å². The Balaban J connectivity index is 2.13. The van der Waals surface area contributed by atoms with Gasteiger partial charge in [0.2, 0.25) is 0 Å². The van der Waals surface area contributed by atoms with Crippen molar-refractivity contribution in [1.29, 1.82) is 0 Å². The predicted molar refractivity (Wildman–Crippen MR) is 104 cm³/mol. The summed E-state index contributed by atoms with van der Waals surface area (Å²) in [7, 11) is 0. The molecule has 2 N–H and O–H groups in total. The lowest BCUT2D eigenvalue weighted by Gasteiger charge is -2.46. The molecule has 0 unspecified atom stereocenters. The molecule has 5 heteroatoms. The summed E-state index contributed by atoms with van der Waals surface area (Å²) in [5.41, 5.74) is 2.28. The van der Waals surface area contributed by atoms with Crippen LogP contribution >= 0.6 is 0 Å². The fourth-order valence-electron chi connectivity index (χ4n) is 4.54. The van der Waals surface area contributed by atoms with Crippen molar-refractivity contribution in [2.45, 2.75) is 77.7 Å². The van der Waals surface area contributed by atoms with Crippen molar-refractivity contribution < 1.29 is 24.5 Å². The van der Waals surface area contributed by atoms with Crippen molar-refractivity contribution in [3.05, 3.63) is 28.8 Å². The van der Waals surface area contributed by atoms with Gasteiger partial charge in [-0.2, -0.15) is 0 Å². The van der Waals surface area contributed by atoms with Crippen LogP contribution in [0.5, 0.6) is 17.2 Å². The number of benzene rings is 1. The molecule has 1 aliphatic carbocycles.